The summed E-state index contributed by atoms with van der Waals surface area (Å²) in [6.45, 7) is 11.3. The van der Waals surface area contributed by atoms with Crippen LogP contribution in [0, 0.1) is 0 Å². The van der Waals surface area contributed by atoms with Gasteiger partial charge < -0.3 is 4.89 Å². The van der Waals surface area contributed by atoms with Gasteiger partial charge in [-0.2, -0.15) is 0 Å². The molecule has 0 heterocycles. The molecule has 0 radical (unpaired) electrons. The fourth-order valence-electron chi connectivity index (χ4n) is 0.708. The molecule has 0 aliphatic rings. The molecule has 0 saturated carbocycles. The maximum Gasteiger partial charge on any atom is 0.472 e. The first-order chi connectivity index (χ1) is 6.83. The second-order valence-corrected chi connectivity index (χ2v) is 5.00. The van der Waals surface area contributed by atoms with Gasteiger partial charge in [0.15, 0.2) is 0 Å². The Morgan fingerprint density at radius 1 is 1.13 bits per heavy atom. The van der Waals surface area contributed by atoms with Gasteiger partial charge in [0.1, 0.15) is 0 Å². The molecule has 4 nitrogen and oxygen atoms in total. The molecule has 0 amide bonds. The van der Waals surface area contributed by atoms with E-state index in [-0.39, 0.29) is 13.2 Å². The third-order valence-corrected chi connectivity index (χ3v) is 2.58. The van der Waals surface area contributed by atoms with Gasteiger partial charge in [0.25, 0.3) is 0 Å². The van der Waals surface area contributed by atoms with E-state index >= 15 is 0 Å². The van der Waals surface area contributed by atoms with Gasteiger partial charge in [-0.3, -0.25) is 9.05 Å². The monoisotopic (exact) mass is 234 g/mol. The van der Waals surface area contributed by atoms with Crippen LogP contribution in [-0.4, -0.2) is 18.1 Å². The molecule has 0 spiro atoms. The molecule has 0 rings (SSSR count). The lowest BCUT2D eigenvalue weighted by molar-refractivity contribution is 0.152. The molecule has 0 fully saturated rings. The first-order valence-corrected chi connectivity index (χ1v) is 6.23. The Hall–Kier alpha value is -0.410. The third kappa shape index (κ3) is 9.88. The fraction of sp³-hybridized carbons (Fsp3) is 0.600. The van der Waals surface area contributed by atoms with E-state index < -0.39 is 7.82 Å². The lowest BCUT2D eigenvalue weighted by Crippen LogP contribution is -1.99. The zero-order chi connectivity index (χ0) is 11.9. The number of phosphoric ester groups is 1. The van der Waals surface area contributed by atoms with E-state index in [0.29, 0.717) is 12.8 Å². The van der Waals surface area contributed by atoms with Crippen molar-refractivity contribution in [3.05, 3.63) is 24.3 Å². The summed E-state index contributed by atoms with van der Waals surface area (Å²) in [5.41, 5.74) is 1.80. The summed E-state index contributed by atoms with van der Waals surface area (Å²) in [4.78, 5) is 9.19. The topological polar surface area (TPSA) is 55.8 Å². The molecule has 0 bridgehead atoms. The van der Waals surface area contributed by atoms with Crippen molar-refractivity contribution in [3.8, 4) is 0 Å². The van der Waals surface area contributed by atoms with Crippen LogP contribution in [0.25, 0.3) is 0 Å². The zero-order valence-corrected chi connectivity index (χ0v) is 10.3. The lowest BCUT2D eigenvalue weighted by atomic mass is 10.3. The molecule has 0 atom stereocenters. The average molecular weight is 234 g/mol. The van der Waals surface area contributed by atoms with Crippen molar-refractivity contribution < 1.29 is 18.5 Å². The van der Waals surface area contributed by atoms with Crippen LogP contribution in [0.5, 0.6) is 0 Å². The fourth-order valence-corrected chi connectivity index (χ4v) is 1.43. The molecule has 0 aromatic rings. The predicted molar refractivity (Wildman–Crippen MR) is 60.6 cm³/mol. The molecular formula is C10H19O4P. The SMILES string of the molecule is C=C(C)CCOP(=O)(O)OCCC(=C)C. The minimum Gasteiger partial charge on any atom is -0.302 e. The summed E-state index contributed by atoms with van der Waals surface area (Å²) in [5, 5.41) is 0. The highest BCUT2D eigenvalue weighted by molar-refractivity contribution is 7.47. The summed E-state index contributed by atoms with van der Waals surface area (Å²) in [6, 6.07) is 0. The highest BCUT2D eigenvalue weighted by Crippen LogP contribution is 2.43. The Morgan fingerprint density at radius 2 is 1.47 bits per heavy atom. The van der Waals surface area contributed by atoms with Crippen LogP contribution in [0.2, 0.25) is 0 Å². The molecular weight excluding hydrogens is 215 g/mol. The molecule has 5 heteroatoms. The Bertz CT molecular complexity index is 249. The van der Waals surface area contributed by atoms with E-state index in [9.17, 15) is 9.46 Å². The first-order valence-electron chi connectivity index (χ1n) is 4.74. The number of phosphoric acid groups is 1. The van der Waals surface area contributed by atoms with Crippen molar-refractivity contribution in [2.45, 2.75) is 26.7 Å². The van der Waals surface area contributed by atoms with E-state index in [1.165, 1.54) is 0 Å². The smallest absolute Gasteiger partial charge is 0.302 e. The molecule has 0 aromatic carbocycles. The molecule has 0 saturated heterocycles. The summed E-state index contributed by atoms with van der Waals surface area (Å²) < 4.78 is 20.7. The summed E-state index contributed by atoms with van der Waals surface area (Å²) in [6.07, 6.45) is 1.10. The average Bonchev–Trinajstić information content (AvgIpc) is 2.01. The maximum absolute atomic E-state index is 11.2. The van der Waals surface area contributed by atoms with Crippen molar-refractivity contribution in [1.82, 2.24) is 0 Å². The molecule has 0 aliphatic heterocycles. The third-order valence-electron chi connectivity index (χ3n) is 1.57. The number of hydrogen-bond donors (Lipinski definition) is 1. The van der Waals surface area contributed by atoms with Crippen LogP contribution in [0.4, 0.5) is 0 Å². The van der Waals surface area contributed by atoms with Gasteiger partial charge in [-0.15, -0.1) is 13.2 Å². The van der Waals surface area contributed by atoms with Crippen molar-refractivity contribution in [2.75, 3.05) is 13.2 Å². The van der Waals surface area contributed by atoms with Crippen LogP contribution in [0.15, 0.2) is 24.3 Å². The van der Waals surface area contributed by atoms with Gasteiger partial charge in [-0.1, -0.05) is 11.1 Å². The second-order valence-electron chi connectivity index (χ2n) is 3.55. The largest absolute Gasteiger partial charge is 0.472 e. The van der Waals surface area contributed by atoms with Crippen LogP contribution in [0.3, 0.4) is 0 Å². The highest BCUT2D eigenvalue weighted by Gasteiger charge is 2.19. The number of hydrogen-bond acceptors (Lipinski definition) is 3. The van der Waals surface area contributed by atoms with Crippen LogP contribution >= 0.6 is 7.82 Å². The first kappa shape index (κ1) is 14.6. The normalized spacial score (nSPS) is 11.4. The minimum absolute atomic E-state index is 0.149. The lowest BCUT2D eigenvalue weighted by Gasteiger charge is -2.11. The highest BCUT2D eigenvalue weighted by atomic mass is 31.2. The molecule has 1 N–H and O–H groups in total. The van der Waals surface area contributed by atoms with E-state index in [1.54, 1.807) is 0 Å². The maximum atomic E-state index is 11.2. The van der Waals surface area contributed by atoms with Crippen LogP contribution in [0.1, 0.15) is 26.7 Å². The van der Waals surface area contributed by atoms with Crippen molar-refractivity contribution >= 4 is 7.82 Å². The van der Waals surface area contributed by atoms with E-state index in [1.807, 2.05) is 13.8 Å². The van der Waals surface area contributed by atoms with Crippen LogP contribution < -0.4 is 0 Å². The van der Waals surface area contributed by atoms with E-state index in [0.717, 1.165) is 11.1 Å². The number of rotatable bonds is 8. The molecule has 15 heavy (non-hydrogen) atoms. The van der Waals surface area contributed by atoms with Gasteiger partial charge >= 0.3 is 7.82 Å². The second kappa shape index (κ2) is 6.96. The quantitative estimate of drug-likeness (QED) is 0.518. The molecule has 88 valence electrons. The zero-order valence-electron chi connectivity index (χ0n) is 9.36. The van der Waals surface area contributed by atoms with Crippen molar-refractivity contribution in [2.24, 2.45) is 0 Å². The van der Waals surface area contributed by atoms with E-state index in [2.05, 4.69) is 13.2 Å². The van der Waals surface area contributed by atoms with Crippen molar-refractivity contribution in [3.63, 3.8) is 0 Å². The summed E-state index contributed by atoms with van der Waals surface area (Å²) in [7, 11) is -3.89. The van der Waals surface area contributed by atoms with Gasteiger partial charge in [0.2, 0.25) is 0 Å². The summed E-state index contributed by atoms with van der Waals surface area (Å²) >= 11 is 0. The van der Waals surface area contributed by atoms with Gasteiger partial charge in [-0.25, -0.2) is 4.57 Å². The Morgan fingerprint density at radius 3 is 1.73 bits per heavy atom. The molecule has 0 aliphatic carbocycles. The molecule has 0 aromatic heterocycles. The van der Waals surface area contributed by atoms with Gasteiger partial charge in [-0.05, 0) is 26.7 Å². The Balaban J connectivity index is 3.72. The van der Waals surface area contributed by atoms with Gasteiger partial charge in [0.05, 0.1) is 13.2 Å². The standard InChI is InChI=1S/C10H19O4P/c1-9(2)5-7-13-15(11,12)14-8-6-10(3)4/h1,3,5-8H2,2,4H3,(H,11,12). The van der Waals surface area contributed by atoms with Crippen LogP contribution in [-0.2, 0) is 13.6 Å². The minimum atomic E-state index is -3.89. The molecule has 0 unspecified atom stereocenters. The van der Waals surface area contributed by atoms with E-state index in [4.69, 9.17) is 9.05 Å². The summed E-state index contributed by atoms with van der Waals surface area (Å²) in [5.74, 6) is 0. The van der Waals surface area contributed by atoms with Gasteiger partial charge in [0, 0.05) is 0 Å². The Labute approximate surface area is 91.2 Å². The Kier molecular flexibility index (Phi) is 6.77. The predicted octanol–water partition coefficient (Wildman–Crippen LogP) is 3.05. The van der Waals surface area contributed by atoms with Crippen molar-refractivity contribution in [1.29, 1.82) is 0 Å².